The van der Waals surface area contributed by atoms with Gasteiger partial charge in [-0.05, 0) is 74.4 Å². The van der Waals surface area contributed by atoms with Gasteiger partial charge in [0.25, 0.3) is 10.0 Å². The Bertz CT molecular complexity index is 1330. The number of amides is 2. The minimum absolute atomic E-state index is 0.114. The first kappa shape index (κ1) is 29.6. The lowest BCUT2D eigenvalue weighted by Crippen LogP contribution is -2.52. The highest BCUT2D eigenvalue weighted by atomic mass is 32.2. The van der Waals surface area contributed by atoms with Gasteiger partial charge in [0.15, 0.2) is 0 Å². The Morgan fingerprint density at radius 3 is 2.13 bits per heavy atom. The molecule has 10 heteroatoms. The van der Waals surface area contributed by atoms with Crippen molar-refractivity contribution in [1.29, 1.82) is 0 Å². The maximum Gasteiger partial charge on any atom is 0.264 e. The summed E-state index contributed by atoms with van der Waals surface area (Å²) in [5.41, 5.74) is 1.02. The standard InChI is InChI=1S/C29H34FN3O5S/c1-4-27(29(35)31-5-2)32(20-22-10-8-7-9-11-22)28(34)21-33(24-14-16-25(17-15-24)38-6-3)39(36,37)26-18-12-23(30)13-19-26/h7-19,27H,4-6,20-21H2,1-3H3,(H,31,35). The first-order chi connectivity index (χ1) is 18.7. The number of anilines is 1. The molecule has 1 atom stereocenters. The van der Waals surface area contributed by atoms with Crippen LogP contribution >= 0.6 is 0 Å². The van der Waals surface area contributed by atoms with Crippen molar-refractivity contribution in [2.45, 2.75) is 44.7 Å². The number of nitrogens with zero attached hydrogens (tertiary/aromatic N) is 2. The highest BCUT2D eigenvalue weighted by molar-refractivity contribution is 7.92. The van der Waals surface area contributed by atoms with E-state index in [-0.39, 0.29) is 23.0 Å². The van der Waals surface area contributed by atoms with E-state index in [1.54, 1.807) is 38.1 Å². The molecule has 0 aliphatic carbocycles. The summed E-state index contributed by atoms with van der Waals surface area (Å²) in [4.78, 5) is 28.1. The fraction of sp³-hybridized carbons (Fsp3) is 0.310. The van der Waals surface area contributed by atoms with Crippen LogP contribution in [0.15, 0.2) is 83.8 Å². The fourth-order valence-corrected chi connectivity index (χ4v) is 5.54. The number of ether oxygens (including phenoxy) is 1. The molecule has 2 amide bonds. The molecule has 0 spiro atoms. The van der Waals surface area contributed by atoms with Crippen LogP contribution in [0.2, 0.25) is 0 Å². The van der Waals surface area contributed by atoms with Gasteiger partial charge in [-0.2, -0.15) is 0 Å². The second-order valence-electron chi connectivity index (χ2n) is 8.72. The Labute approximate surface area is 229 Å². The average Bonchev–Trinajstić information content (AvgIpc) is 2.93. The Hall–Kier alpha value is -3.92. The van der Waals surface area contributed by atoms with Crippen molar-refractivity contribution in [2.24, 2.45) is 0 Å². The van der Waals surface area contributed by atoms with E-state index in [9.17, 15) is 22.4 Å². The van der Waals surface area contributed by atoms with Gasteiger partial charge in [-0.25, -0.2) is 12.8 Å². The molecule has 0 bridgehead atoms. The zero-order valence-electron chi connectivity index (χ0n) is 22.3. The monoisotopic (exact) mass is 555 g/mol. The van der Waals surface area contributed by atoms with Crippen molar-refractivity contribution < 1.29 is 27.1 Å². The normalized spacial score (nSPS) is 11.9. The molecule has 3 rings (SSSR count). The number of sulfonamides is 1. The molecule has 0 aliphatic rings. The van der Waals surface area contributed by atoms with E-state index in [4.69, 9.17) is 4.74 Å². The molecule has 0 aromatic heterocycles. The quantitative estimate of drug-likeness (QED) is 0.338. The summed E-state index contributed by atoms with van der Waals surface area (Å²) in [5.74, 6) is -0.922. The minimum atomic E-state index is -4.28. The van der Waals surface area contributed by atoms with Gasteiger partial charge in [0, 0.05) is 13.1 Å². The van der Waals surface area contributed by atoms with Crippen LogP contribution in [0.1, 0.15) is 32.8 Å². The molecule has 8 nitrogen and oxygen atoms in total. The minimum Gasteiger partial charge on any atom is -0.494 e. The van der Waals surface area contributed by atoms with Crippen LogP contribution in [-0.2, 0) is 26.2 Å². The van der Waals surface area contributed by atoms with Gasteiger partial charge < -0.3 is 15.0 Å². The third-order valence-corrected chi connectivity index (χ3v) is 7.84. The maximum atomic E-state index is 13.9. The van der Waals surface area contributed by atoms with E-state index in [0.29, 0.717) is 25.3 Å². The molecule has 0 aliphatic heterocycles. The summed E-state index contributed by atoms with van der Waals surface area (Å²) in [6, 6.07) is 19.1. The average molecular weight is 556 g/mol. The van der Waals surface area contributed by atoms with Crippen molar-refractivity contribution in [3.05, 3.63) is 90.2 Å². The summed E-state index contributed by atoms with van der Waals surface area (Å²) < 4.78 is 47.6. The number of likely N-dealkylation sites (N-methyl/N-ethyl adjacent to an activating group) is 1. The van der Waals surface area contributed by atoms with Gasteiger partial charge in [-0.15, -0.1) is 0 Å². The number of halogens is 1. The number of hydrogen-bond acceptors (Lipinski definition) is 5. The van der Waals surface area contributed by atoms with E-state index in [1.165, 1.54) is 4.90 Å². The summed E-state index contributed by atoms with van der Waals surface area (Å²) in [6.45, 7) is 5.78. The van der Waals surface area contributed by atoms with Gasteiger partial charge in [0.1, 0.15) is 24.2 Å². The summed E-state index contributed by atoms with van der Waals surface area (Å²) in [7, 11) is -4.28. The van der Waals surface area contributed by atoms with Crippen molar-refractivity contribution in [3.8, 4) is 5.75 Å². The van der Waals surface area contributed by atoms with Gasteiger partial charge >= 0.3 is 0 Å². The highest BCUT2D eigenvalue weighted by Crippen LogP contribution is 2.27. The maximum absolute atomic E-state index is 13.9. The van der Waals surface area contributed by atoms with Gasteiger partial charge in [0.2, 0.25) is 11.8 Å². The first-order valence-electron chi connectivity index (χ1n) is 12.8. The van der Waals surface area contributed by atoms with Crippen molar-refractivity contribution in [2.75, 3.05) is 24.0 Å². The lowest BCUT2D eigenvalue weighted by Gasteiger charge is -2.33. The summed E-state index contributed by atoms with van der Waals surface area (Å²) in [5, 5.41) is 2.77. The molecule has 0 radical (unpaired) electrons. The smallest absolute Gasteiger partial charge is 0.264 e. The predicted molar refractivity (Wildman–Crippen MR) is 148 cm³/mol. The van der Waals surface area contributed by atoms with Crippen LogP contribution < -0.4 is 14.4 Å². The van der Waals surface area contributed by atoms with Crippen LogP contribution in [0.3, 0.4) is 0 Å². The molecule has 0 saturated carbocycles. The van der Waals surface area contributed by atoms with Gasteiger partial charge in [-0.1, -0.05) is 37.3 Å². The SMILES string of the molecule is CCNC(=O)C(CC)N(Cc1ccccc1)C(=O)CN(c1ccc(OCC)cc1)S(=O)(=O)c1ccc(F)cc1. The molecule has 0 fully saturated rings. The summed E-state index contributed by atoms with van der Waals surface area (Å²) >= 11 is 0. The number of hydrogen-bond donors (Lipinski definition) is 1. The van der Waals surface area contributed by atoms with Gasteiger partial charge in [-0.3, -0.25) is 13.9 Å². The molecule has 1 N–H and O–H groups in total. The van der Waals surface area contributed by atoms with Crippen LogP contribution in [-0.4, -0.2) is 50.9 Å². The second kappa shape index (κ2) is 13.7. The number of carbonyl (C=O) groups excluding carboxylic acids is 2. The van der Waals surface area contributed by atoms with E-state index < -0.39 is 34.3 Å². The lowest BCUT2D eigenvalue weighted by atomic mass is 10.1. The topological polar surface area (TPSA) is 96.0 Å². The van der Waals surface area contributed by atoms with E-state index >= 15 is 0 Å². The number of rotatable bonds is 13. The number of carbonyl (C=O) groups is 2. The van der Waals surface area contributed by atoms with E-state index in [2.05, 4.69) is 5.32 Å². The third-order valence-electron chi connectivity index (χ3n) is 6.05. The molecule has 39 heavy (non-hydrogen) atoms. The van der Waals surface area contributed by atoms with Crippen LogP contribution in [0.25, 0.3) is 0 Å². The predicted octanol–water partition coefficient (Wildman–Crippen LogP) is 4.36. The molecule has 1 unspecified atom stereocenters. The van der Waals surface area contributed by atoms with E-state index in [0.717, 1.165) is 34.1 Å². The summed E-state index contributed by atoms with van der Waals surface area (Å²) in [6.07, 6.45) is 0.332. The largest absolute Gasteiger partial charge is 0.494 e. The molecule has 0 saturated heterocycles. The molecular formula is C29H34FN3O5S. The Morgan fingerprint density at radius 1 is 0.923 bits per heavy atom. The number of benzene rings is 3. The zero-order valence-corrected chi connectivity index (χ0v) is 23.2. The van der Waals surface area contributed by atoms with Crippen LogP contribution in [0.5, 0.6) is 5.75 Å². The number of nitrogens with one attached hydrogen (secondary N) is 1. The van der Waals surface area contributed by atoms with Crippen molar-refractivity contribution >= 4 is 27.5 Å². The lowest BCUT2D eigenvalue weighted by molar-refractivity contribution is -0.140. The molecule has 208 valence electrons. The molecule has 0 heterocycles. The third kappa shape index (κ3) is 7.57. The van der Waals surface area contributed by atoms with Crippen molar-refractivity contribution in [1.82, 2.24) is 10.2 Å². The molecule has 3 aromatic carbocycles. The van der Waals surface area contributed by atoms with Crippen molar-refractivity contribution in [3.63, 3.8) is 0 Å². The van der Waals surface area contributed by atoms with E-state index in [1.807, 2.05) is 37.3 Å². The fourth-order valence-electron chi connectivity index (χ4n) is 4.13. The molecule has 3 aromatic rings. The Kier molecular flexibility index (Phi) is 10.4. The Balaban J connectivity index is 2.04. The molecular weight excluding hydrogens is 521 g/mol. The van der Waals surface area contributed by atoms with Crippen LogP contribution in [0.4, 0.5) is 10.1 Å². The van der Waals surface area contributed by atoms with Gasteiger partial charge in [0.05, 0.1) is 17.2 Å². The zero-order chi connectivity index (χ0) is 28.4. The second-order valence-corrected chi connectivity index (χ2v) is 10.6. The van der Waals surface area contributed by atoms with Crippen LogP contribution in [0, 0.1) is 5.82 Å². The first-order valence-corrected chi connectivity index (χ1v) is 14.3. The highest BCUT2D eigenvalue weighted by Gasteiger charge is 2.33. The Morgan fingerprint density at radius 2 is 1.56 bits per heavy atom.